The molecule has 1 aliphatic rings. The first-order chi connectivity index (χ1) is 10.9. The van der Waals surface area contributed by atoms with E-state index in [2.05, 4.69) is 11.1 Å². The van der Waals surface area contributed by atoms with Crippen molar-refractivity contribution in [2.24, 2.45) is 11.7 Å². The van der Waals surface area contributed by atoms with Crippen LogP contribution in [-0.4, -0.2) is 41.2 Å². The van der Waals surface area contributed by atoms with Gasteiger partial charge in [0.1, 0.15) is 5.60 Å². The summed E-state index contributed by atoms with van der Waals surface area (Å²) in [5.41, 5.74) is 7.41. The number of nitrogens with two attached hydrogens (primary N) is 1. The first-order valence-corrected chi connectivity index (χ1v) is 8.11. The highest BCUT2D eigenvalue weighted by Crippen LogP contribution is 2.24. The van der Waals surface area contributed by atoms with Gasteiger partial charge in [-0.25, -0.2) is 0 Å². The van der Waals surface area contributed by atoms with Crippen molar-refractivity contribution in [3.05, 3.63) is 35.7 Å². The van der Waals surface area contributed by atoms with Gasteiger partial charge in [-0.1, -0.05) is 19.9 Å². The largest absolute Gasteiger partial charge is 0.380 e. The molecule has 0 spiro atoms. The van der Waals surface area contributed by atoms with Gasteiger partial charge in [-0.15, -0.1) is 0 Å². The molecule has 0 saturated heterocycles. The summed E-state index contributed by atoms with van der Waals surface area (Å²) in [5, 5.41) is 10.6. The Labute approximate surface area is 137 Å². The quantitative estimate of drug-likeness (QED) is 0.748. The van der Waals surface area contributed by atoms with Gasteiger partial charge in [0, 0.05) is 24.4 Å². The lowest BCUT2D eigenvalue weighted by molar-refractivity contribution is -0.126. The van der Waals surface area contributed by atoms with E-state index in [-0.39, 0.29) is 6.42 Å². The van der Waals surface area contributed by atoms with Gasteiger partial charge in [0.25, 0.3) is 0 Å². The third kappa shape index (κ3) is 4.70. The molecule has 2 rings (SSSR count). The lowest BCUT2D eigenvalue weighted by atomic mass is 9.85. The Morgan fingerprint density at radius 2 is 2.30 bits per heavy atom. The average Bonchev–Trinajstić information content (AvgIpc) is 2.55. The van der Waals surface area contributed by atoms with E-state index in [0.717, 1.165) is 12.0 Å². The monoisotopic (exact) mass is 318 g/mol. The number of hydrogen-bond donors (Lipinski definition) is 2. The van der Waals surface area contributed by atoms with Gasteiger partial charge in [-0.05, 0) is 42.0 Å². The Bertz CT molecular complexity index is 571. The average molecular weight is 318 g/mol. The van der Waals surface area contributed by atoms with Gasteiger partial charge in [0.15, 0.2) is 6.29 Å². The number of carbonyl (C=O) groups excluding carboxylic acids is 1. The van der Waals surface area contributed by atoms with Crippen LogP contribution in [0.15, 0.2) is 24.4 Å². The molecule has 0 radical (unpaired) electrons. The zero-order chi connectivity index (χ0) is 16.9. The summed E-state index contributed by atoms with van der Waals surface area (Å²) >= 11 is 0. The molecule has 2 atom stereocenters. The van der Waals surface area contributed by atoms with Crippen LogP contribution in [0.3, 0.4) is 0 Å². The molecule has 0 amide bonds. The second-order valence-electron chi connectivity index (χ2n) is 6.61. The van der Waals surface area contributed by atoms with Crippen molar-refractivity contribution in [1.29, 1.82) is 0 Å². The molecular formula is C18H26N2O3. The number of nitrogens with zero attached hydrogens (tertiary/aromatic N) is 1. The minimum atomic E-state index is -1.58. The maximum atomic E-state index is 11.5. The van der Waals surface area contributed by atoms with Crippen molar-refractivity contribution in [2.75, 3.05) is 13.2 Å². The van der Waals surface area contributed by atoms with E-state index in [1.54, 1.807) is 6.20 Å². The van der Waals surface area contributed by atoms with Gasteiger partial charge in [-0.3, -0.25) is 4.98 Å². The summed E-state index contributed by atoms with van der Waals surface area (Å²) in [6, 6.07) is 3.26. The van der Waals surface area contributed by atoms with E-state index >= 15 is 0 Å². The molecule has 0 fully saturated rings. The Morgan fingerprint density at radius 1 is 1.52 bits per heavy atom. The lowest BCUT2D eigenvalue weighted by Crippen LogP contribution is -2.51. The molecule has 0 aromatic carbocycles. The number of ether oxygens (including phenoxy) is 1. The van der Waals surface area contributed by atoms with Crippen molar-refractivity contribution in [3.63, 3.8) is 0 Å². The van der Waals surface area contributed by atoms with E-state index in [9.17, 15) is 9.90 Å². The van der Waals surface area contributed by atoms with Crippen molar-refractivity contribution < 1.29 is 14.6 Å². The van der Waals surface area contributed by atoms with E-state index in [4.69, 9.17) is 10.5 Å². The van der Waals surface area contributed by atoms with Crippen molar-refractivity contribution in [2.45, 2.75) is 44.8 Å². The Kier molecular flexibility index (Phi) is 6.04. The standard InChI is InChI=1S/C18H26N2O3/c1-13(2)9-17(19)18(22,12-21)11-16-10-15(3-6-20-16)14-4-7-23-8-5-14/h3-4,6,10,12-13,17,22H,5,7-9,11,19H2,1-2H3. The molecule has 1 aliphatic heterocycles. The lowest BCUT2D eigenvalue weighted by Gasteiger charge is -2.29. The van der Waals surface area contributed by atoms with Crippen molar-refractivity contribution in [1.82, 2.24) is 4.98 Å². The molecule has 0 saturated carbocycles. The van der Waals surface area contributed by atoms with Crippen LogP contribution in [0.4, 0.5) is 0 Å². The highest BCUT2D eigenvalue weighted by atomic mass is 16.5. The second-order valence-corrected chi connectivity index (χ2v) is 6.61. The predicted octanol–water partition coefficient (Wildman–Crippen LogP) is 1.73. The number of aliphatic hydroxyl groups is 1. The number of pyridine rings is 1. The second kappa shape index (κ2) is 7.81. The summed E-state index contributed by atoms with van der Waals surface area (Å²) in [5.74, 6) is 0.308. The number of aromatic nitrogens is 1. The summed E-state index contributed by atoms with van der Waals surface area (Å²) in [6.45, 7) is 5.36. The van der Waals surface area contributed by atoms with Crippen molar-refractivity contribution in [3.8, 4) is 0 Å². The van der Waals surface area contributed by atoms with Gasteiger partial charge >= 0.3 is 0 Å². The molecule has 1 aromatic heterocycles. The first-order valence-electron chi connectivity index (χ1n) is 8.11. The molecule has 0 aliphatic carbocycles. The molecule has 126 valence electrons. The summed E-state index contributed by atoms with van der Waals surface area (Å²) in [4.78, 5) is 15.8. The molecule has 1 aromatic rings. The molecule has 23 heavy (non-hydrogen) atoms. The smallest absolute Gasteiger partial charge is 0.153 e. The third-order valence-corrected chi connectivity index (χ3v) is 4.19. The molecule has 0 bridgehead atoms. The van der Waals surface area contributed by atoms with Crippen LogP contribution in [0.1, 0.15) is 37.9 Å². The first kappa shape index (κ1) is 17.8. The van der Waals surface area contributed by atoms with Gasteiger partial charge in [0.05, 0.1) is 13.2 Å². The van der Waals surface area contributed by atoms with Crippen LogP contribution in [0.5, 0.6) is 0 Å². The molecule has 3 N–H and O–H groups in total. The Morgan fingerprint density at radius 3 is 2.91 bits per heavy atom. The van der Waals surface area contributed by atoms with Gasteiger partial charge in [0.2, 0.25) is 0 Å². The minimum absolute atomic E-state index is 0.127. The Balaban J connectivity index is 2.17. The topological polar surface area (TPSA) is 85.4 Å². The van der Waals surface area contributed by atoms with Crippen LogP contribution < -0.4 is 5.73 Å². The Hall–Kier alpha value is -1.56. The SMILES string of the molecule is CC(C)CC(N)C(O)(C=O)Cc1cc(C2=CCOCC2)ccn1. The number of rotatable bonds is 7. The third-order valence-electron chi connectivity index (χ3n) is 4.19. The van der Waals surface area contributed by atoms with E-state index in [0.29, 0.717) is 37.5 Å². The fourth-order valence-electron chi connectivity index (χ4n) is 2.83. The summed E-state index contributed by atoms with van der Waals surface area (Å²) in [7, 11) is 0. The number of carbonyl (C=O) groups is 1. The highest BCUT2D eigenvalue weighted by Gasteiger charge is 2.35. The van der Waals surface area contributed by atoms with Crippen molar-refractivity contribution >= 4 is 11.9 Å². The highest BCUT2D eigenvalue weighted by molar-refractivity contribution is 5.67. The molecular weight excluding hydrogens is 292 g/mol. The predicted molar refractivity (Wildman–Crippen MR) is 89.8 cm³/mol. The molecule has 5 heteroatoms. The van der Waals surface area contributed by atoms with E-state index < -0.39 is 11.6 Å². The zero-order valence-electron chi connectivity index (χ0n) is 13.9. The number of hydrogen-bond acceptors (Lipinski definition) is 5. The summed E-state index contributed by atoms with van der Waals surface area (Å²) < 4.78 is 5.32. The maximum Gasteiger partial charge on any atom is 0.153 e. The van der Waals surface area contributed by atoms with Crippen LogP contribution in [-0.2, 0) is 16.0 Å². The maximum absolute atomic E-state index is 11.5. The number of aldehydes is 1. The van der Waals surface area contributed by atoms with E-state index in [1.165, 1.54) is 5.57 Å². The normalized spacial score (nSPS) is 19.1. The summed E-state index contributed by atoms with van der Waals surface area (Å²) in [6.07, 6.45) is 5.88. The van der Waals surface area contributed by atoms with Crippen LogP contribution in [0.2, 0.25) is 0 Å². The molecule has 5 nitrogen and oxygen atoms in total. The van der Waals surface area contributed by atoms with E-state index in [1.807, 2.05) is 26.0 Å². The fourth-order valence-corrected chi connectivity index (χ4v) is 2.83. The fraction of sp³-hybridized carbons (Fsp3) is 0.556. The minimum Gasteiger partial charge on any atom is -0.380 e. The van der Waals surface area contributed by atoms with Crippen LogP contribution in [0, 0.1) is 5.92 Å². The van der Waals surface area contributed by atoms with Gasteiger partial charge in [-0.2, -0.15) is 0 Å². The molecule has 2 heterocycles. The van der Waals surface area contributed by atoms with Crippen LogP contribution in [0.25, 0.3) is 5.57 Å². The molecule has 2 unspecified atom stereocenters. The zero-order valence-corrected chi connectivity index (χ0v) is 13.9. The van der Waals surface area contributed by atoms with Crippen LogP contribution >= 0.6 is 0 Å². The van der Waals surface area contributed by atoms with Gasteiger partial charge < -0.3 is 20.4 Å².